The minimum absolute atomic E-state index is 0.148. The maximum absolute atomic E-state index is 12.2. The Hall–Kier alpha value is -2.30. The summed E-state index contributed by atoms with van der Waals surface area (Å²) in [5, 5.41) is 6.79. The Morgan fingerprint density at radius 3 is 1.44 bits per heavy atom. The number of hydrogen-bond acceptors (Lipinski definition) is 4. The summed E-state index contributed by atoms with van der Waals surface area (Å²) in [5.74, 6) is 0.337. The van der Waals surface area contributed by atoms with Crippen LogP contribution in [0.3, 0.4) is 0 Å². The van der Waals surface area contributed by atoms with Crippen LogP contribution >= 0.6 is 0 Å². The number of Topliss-reactive ketones (excluding diaryl/α,β-unsaturated/α-hetero) is 2. The Morgan fingerprint density at radius 2 is 1.07 bits per heavy atom. The highest BCUT2D eigenvalue weighted by atomic mass is 16.1. The fourth-order valence-corrected chi connectivity index (χ4v) is 2.97. The monoisotopic (exact) mass is 366 g/mol. The molecule has 144 valence electrons. The molecule has 0 fully saturated rings. The van der Waals surface area contributed by atoms with Gasteiger partial charge in [0, 0.05) is 36.1 Å². The highest BCUT2D eigenvalue weighted by molar-refractivity contribution is 5.96. The van der Waals surface area contributed by atoms with Gasteiger partial charge in [-0.1, -0.05) is 60.7 Å². The second-order valence-electron chi connectivity index (χ2n) is 7.05. The SMILES string of the molecule is CC(CC(=O)c1ccccc1)NCCCNC(C)CC(=O)c1ccccc1. The summed E-state index contributed by atoms with van der Waals surface area (Å²) in [6.07, 6.45) is 1.95. The third-order valence-corrected chi connectivity index (χ3v) is 4.51. The van der Waals surface area contributed by atoms with Gasteiger partial charge in [-0.3, -0.25) is 9.59 Å². The number of carbonyl (C=O) groups is 2. The summed E-state index contributed by atoms with van der Waals surface area (Å²) < 4.78 is 0. The number of nitrogens with one attached hydrogen (secondary N) is 2. The predicted octanol–water partition coefficient (Wildman–Crippen LogP) is 3.88. The van der Waals surface area contributed by atoms with Crippen LogP contribution in [0.2, 0.25) is 0 Å². The summed E-state index contributed by atoms with van der Waals surface area (Å²) in [7, 11) is 0. The van der Waals surface area contributed by atoms with E-state index in [1.807, 2.05) is 74.5 Å². The van der Waals surface area contributed by atoms with Crippen LogP contribution in [0.5, 0.6) is 0 Å². The molecule has 2 aromatic carbocycles. The molecule has 2 rings (SSSR count). The van der Waals surface area contributed by atoms with E-state index < -0.39 is 0 Å². The zero-order chi connectivity index (χ0) is 19.5. The molecule has 0 saturated heterocycles. The molecular weight excluding hydrogens is 336 g/mol. The molecule has 0 spiro atoms. The van der Waals surface area contributed by atoms with Gasteiger partial charge in [0.25, 0.3) is 0 Å². The van der Waals surface area contributed by atoms with Gasteiger partial charge < -0.3 is 10.6 Å². The molecule has 4 nitrogen and oxygen atoms in total. The molecular formula is C23H30N2O2. The van der Waals surface area contributed by atoms with Crippen molar-refractivity contribution in [3.63, 3.8) is 0 Å². The van der Waals surface area contributed by atoms with Gasteiger partial charge in [-0.25, -0.2) is 0 Å². The van der Waals surface area contributed by atoms with Gasteiger partial charge >= 0.3 is 0 Å². The average molecular weight is 367 g/mol. The van der Waals surface area contributed by atoms with E-state index in [9.17, 15) is 9.59 Å². The number of carbonyl (C=O) groups excluding carboxylic acids is 2. The number of benzene rings is 2. The van der Waals surface area contributed by atoms with Gasteiger partial charge in [0.2, 0.25) is 0 Å². The normalized spacial score (nSPS) is 13.1. The molecule has 0 amide bonds. The number of rotatable bonds is 12. The van der Waals surface area contributed by atoms with E-state index in [-0.39, 0.29) is 23.7 Å². The van der Waals surface area contributed by atoms with E-state index in [4.69, 9.17) is 0 Å². The van der Waals surface area contributed by atoms with Crippen LogP contribution in [0.1, 0.15) is 53.8 Å². The maximum Gasteiger partial charge on any atom is 0.164 e. The Balaban J connectivity index is 1.57. The zero-order valence-corrected chi connectivity index (χ0v) is 16.3. The van der Waals surface area contributed by atoms with Crippen LogP contribution in [0.15, 0.2) is 60.7 Å². The summed E-state index contributed by atoms with van der Waals surface area (Å²) in [4.78, 5) is 24.3. The fourth-order valence-electron chi connectivity index (χ4n) is 2.97. The Labute approximate surface area is 162 Å². The van der Waals surface area contributed by atoms with Crippen LogP contribution in [0, 0.1) is 0 Å². The largest absolute Gasteiger partial charge is 0.314 e. The highest BCUT2D eigenvalue weighted by Crippen LogP contribution is 2.06. The number of ketones is 2. The molecule has 2 aromatic rings. The lowest BCUT2D eigenvalue weighted by Gasteiger charge is -2.15. The Morgan fingerprint density at radius 1 is 0.704 bits per heavy atom. The van der Waals surface area contributed by atoms with Gasteiger partial charge in [-0.15, -0.1) is 0 Å². The van der Waals surface area contributed by atoms with Crippen LogP contribution in [-0.2, 0) is 0 Å². The van der Waals surface area contributed by atoms with E-state index in [1.54, 1.807) is 0 Å². The van der Waals surface area contributed by atoms with Gasteiger partial charge in [0.15, 0.2) is 11.6 Å². The summed E-state index contributed by atoms with van der Waals surface area (Å²) in [6.45, 7) is 5.76. The van der Waals surface area contributed by atoms with Crippen LogP contribution in [0.25, 0.3) is 0 Å². The van der Waals surface area contributed by atoms with Crippen molar-refractivity contribution >= 4 is 11.6 Å². The molecule has 0 heterocycles. The summed E-state index contributed by atoms with van der Waals surface area (Å²) in [5.41, 5.74) is 1.54. The molecule has 0 aliphatic carbocycles. The number of hydrogen-bond donors (Lipinski definition) is 2. The van der Waals surface area contributed by atoms with Crippen LogP contribution < -0.4 is 10.6 Å². The smallest absolute Gasteiger partial charge is 0.164 e. The molecule has 0 bridgehead atoms. The van der Waals surface area contributed by atoms with Crippen molar-refractivity contribution < 1.29 is 9.59 Å². The van der Waals surface area contributed by atoms with Crippen molar-refractivity contribution in [2.45, 2.75) is 45.2 Å². The van der Waals surface area contributed by atoms with Gasteiger partial charge in [0.1, 0.15) is 0 Å². The first-order valence-electron chi connectivity index (χ1n) is 9.69. The Bertz CT molecular complexity index is 639. The van der Waals surface area contributed by atoms with E-state index in [0.717, 1.165) is 30.6 Å². The van der Waals surface area contributed by atoms with Crippen molar-refractivity contribution in [2.75, 3.05) is 13.1 Å². The lowest BCUT2D eigenvalue weighted by Crippen LogP contribution is -2.33. The van der Waals surface area contributed by atoms with Gasteiger partial charge in [-0.05, 0) is 33.4 Å². The molecule has 0 aliphatic heterocycles. The van der Waals surface area contributed by atoms with E-state index in [0.29, 0.717) is 12.8 Å². The van der Waals surface area contributed by atoms with Crippen molar-refractivity contribution in [3.05, 3.63) is 71.8 Å². The molecule has 4 heteroatoms. The van der Waals surface area contributed by atoms with E-state index in [1.165, 1.54) is 0 Å². The minimum Gasteiger partial charge on any atom is -0.314 e. The van der Waals surface area contributed by atoms with Gasteiger partial charge in [-0.2, -0.15) is 0 Å². The molecule has 0 aliphatic rings. The van der Waals surface area contributed by atoms with Crippen LogP contribution in [0.4, 0.5) is 0 Å². The van der Waals surface area contributed by atoms with Crippen LogP contribution in [-0.4, -0.2) is 36.7 Å². The average Bonchev–Trinajstić information content (AvgIpc) is 2.69. The lowest BCUT2D eigenvalue weighted by molar-refractivity contribution is 0.0964. The first-order chi connectivity index (χ1) is 13.1. The van der Waals surface area contributed by atoms with Crippen molar-refractivity contribution in [1.82, 2.24) is 10.6 Å². The summed E-state index contributed by atoms with van der Waals surface area (Å²) >= 11 is 0. The van der Waals surface area contributed by atoms with Crippen molar-refractivity contribution in [1.29, 1.82) is 0 Å². The molecule has 2 atom stereocenters. The third kappa shape index (κ3) is 7.85. The predicted molar refractivity (Wildman–Crippen MR) is 110 cm³/mol. The van der Waals surface area contributed by atoms with Gasteiger partial charge in [0.05, 0.1) is 0 Å². The Kier molecular flexibility index (Phi) is 8.89. The zero-order valence-electron chi connectivity index (χ0n) is 16.3. The molecule has 0 saturated carbocycles. The topological polar surface area (TPSA) is 58.2 Å². The second-order valence-corrected chi connectivity index (χ2v) is 7.05. The third-order valence-electron chi connectivity index (χ3n) is 4.51. The lowest BCUT2D eigenvalue weighted by atomic mass is 10.0. The van der Waals surface area contributed by atoms with Crippen molar-refractivity contribution in [3.8, 4) is 0 Å². The first-order valence-corrected chi connectivity index (χ1v) is 9.69. The van der Waals surface area contributed by atoms with E-state index in [2.05, 4.69) is 10.6 Å². The fraction of sp³-hybridized carbons (Fsp3) is 0.391. The van der Waals surface area contributed by atoms with Crippen molar-refractivity contribution in [2.24, 2.45) is 0 Å². The highest BCUT2D eigenvalue weighted by Gasteiger charge is 2.11. The molecule has 2 unspecified atom stereocenters. The standard InChI is InChI=1S/C23H30N2O2/c1-18(16-22(26)20-10-5-3-6-11-20)24-14-9-15-25-19(2)17-23(27)21-12-7-4-8-13-21/h3-8,10-13,18-19,24-25H,9,14-17H2,1-2H3. The quantitative estimate of drug-likeness (QED) is 0.442. The molecule has 27 heavy (non-hydrogen) atoms. The summed E-state index contributed by atoms with van der Waals surface area (Å²) in [6, 6.07) is 19.1. The second kappa shape index (κ2) is 11.4. The minimum atomic E-state index is 0.148. The molecule has 0 aromatic heterocycles. The maximum atomic E-state index is 12.2. The molecule has 0 radical (unpaired) electrons. The van der Waals surface area contributed by atoms with E-state index >= 15 is 0 Å². The molecule has 2 N–H and O–H groups in total. The first kappa shape index (κ1) is 21.0.